The van der Waals surface area contributed by atoms with Crippen LogP contribution >= 0.6 is 0 Å². The van der Waals surface area contributed by atoms with E-state index in [-0.39, 0.29) is 5.41 Å². The molecule has 1 aromatic heterocycles. The molecule has 1 aliphatic carbocycles. The number of fused-ring (bicyclic) bond motifs is 13. The molecule has 0 radical (unpaired) electrons. The molecule has 0 saturated carbocycles. The van der Waals surface area contributed by atoms with Crippen LogP contribution in [0.1, 0.15) is 25.0 Å². The molecule has 65 heavy (non-hydrogen) atoms. The molecular weight excluding hydrogens is 787 g/mol. The van der Waals surface area contributed by atoms with Gasteiger partial charge in [0.05, 0.1) is 5.69 Å². The summed E-state index contributed by atoms with van der Waals surface area (Å²) in [7, 11) is 0. The molecule has 0 amide bonds. The second-order valence-electron chi connectivity index (χ2n) is 18.0. The average Bonchev–Trinajstić information content (AvgIpc) is 3.86. The maximum absolute atomic E-state index is 6.45. The average molecular weight is 830 g/mol. The van der Waals surface area contributed by atoms with Crippen LogP contribution in [-0.2, 0) is 5.41 Å². The Labute approximate surface area is 378 Å². The SMILES string of the molecule is CC1(C)c2ccccc2-c2ccc(N(c3cccc(-c4ccc(-c5ccccc5)cc4)c3)c3ccccc3-c3ccc4c5ccccc5c5c(ccc6oc7ccccc7c65)c4c3)cc21. The van der Waals surface area contributed by atoms with Crippen molar-refractivity contribution in [1.29, 1.82) is 0 Å². The highest BCUT2D eigenvalue weighted by molar-refractivity contribution is 6.34. The van der Waals surface area contributed by atoms with Gasteiger partial charge in [0.15, 0.2) is 0 Å². The van der Waals surface area contributed by atoms with Crippen LogP contribution in [0.5, 0.6) is 0 Å². The first kappa shape index (κ1) is 37.4. The molecule has 1 heterocycles. The molecule has 11 aromatic carbocycles. The summed E-state index contributed by atoms with van der Waals surface area (Å²) in [4.78, 5) is 2.47. The van der Waals surface area contributed by atoms with Gasteiger partial charge in [-0.15, -0.1) is 0 Å². The number of nitrogens with zero attached hydrogens (tertiary/aromatic N) is 1. The van der Waals surface area contributed by atoms with Crippen LogP contribution in [0.25, 0.3) is 98.8 Å². The molecule has 0 fully saturated rings. The Kier molecular flexibility index (Phi) is 8.29. The Balaban J connectivity index is 1.02. The quantitative estimate of drug-likeness (QED) is 0.155. The van der Waals surface area contributed by atoms with E-state index in [9.17, 15) is 0 Å². The lowest BCUT2D eigenvalue weighted by molar-refractivity contribution is 0.660. The maximum Gasteiger partial charge on any atom is 0.136 e. The number of furan rings is 1. The molecule has 306 valence electrons. The molecule has 1 aliphatic rings. The molecule has 0 aliphatic heterocycles. The lowest BCUT2D eigenvalue weighted by atomic mass is 9.82. The summed E-state index contributed by atoms with van der Waals surface area (Å²) in [6.45, 7) is 4.73. The molecule has 0 saturated heterocycles. The number of hydrogen-bond donors (Lipinski definition) is 0. The Morgan fingerprint density at radius 3 is 1.75 bits per heavy atom. The van der Waals surface area contributed by atoms with Crippen molar-refractivity contribution >= 4 is 71.3 Å². The van der Waals surface area contributed by atoms with Crippen LogP contribution in [0.15, 0.2) is 229 Å². The Morgan fingerprint density at radius 2 is 0.908 bits per heavy atom. The highest BCUT2D eigenvalue weighted by Crippen LogP contribution is 2.52. The molecule has 2 nitrogen and oxygen atoms in total. The third-order valence-corrected chi connectivity index (χ3v) is 14.1. The van der Waals surface area contributed by atoms with Crippen LogP contribution in [-0.4, -0.2) is 0 Å². The van der Waals surface area contributed by atoms with Gasteiger partial charge in [-0.05, 0) is 132 Å². The topological polar surface area (TPSA) is 16.4 Å². The first-order valence-electron chi connectivity index (χ1n) is 22.6. The monoisotopic (exact) mass is 829 g/mol. The number of para-hydroxylation sites is 2. The van der Waals surface area contributed by atoms with E-state index in [0.29, 0.717) is 0 Å². The third kappa shape index (κ3) is 5.81. The van der Waals surface area contributed by atoms with Crippen molar-refractivity contribution in [1.82, 2.24) is 0 Å². The molecule has 0 atom stereocenters. The van der Waals surface area contributed by atoms with Gasteiger partial charge < -0.3 is 9.32 Å². The number of hydrogen-bond acceptors (Lipinski definition) is 2. The fourth-order valence-electron chi connectivity index (χ4n) is 10.9. The minimum Gasteiger partial charge on any atom is -0.456 e. The van der Waals surface area contributed by atoms with E-state index in [4.69, 9.17) is 4.42 Å². The molecule has 0 spiro atoms. The largest absolute Gasteiger partial charge is 0.456 e. The van der Waals surface area contributed by atoms with Gasteiger partial charge in [0.25, 0.3) is 0 Å². The molecule has 13 rings (SSSR count). The van der Waals surface area contributed by atoms with Gasteiger partial charge in [-0.2, -0.15) is 0 Å². The van der Waals surface area contributed by atoms with Crippen molar-refractivity contribution < 1.29 is 4.42 Å². The summed E-state index contributed by atoms with van der Waals surface area (Å²) in [5.41, 5.74) is 17.5. The number of anilines is 3. The fourth-order valence-corrected chi connectivity index (χ4v) is 10.9. The first-order valence-corrected chi connectivity index (χ1v) is 22.6. The first-order chi connectivity index (χ1) is 32.0. The molecule has 12 aromatic rings. The van der Waals surface area contributed by atoms with Crippen LogP contribution in [0.2, 0.25) is 0 Å². The van der Waals surface area contributed by atoms with Crippen LogP contribution < -0.4 is 4.90 Å². The summed E-state index contributed by atoms with van der Waals surface area (Å²) >= 11 is 0. The zero-order valence-electron chi connectivity index (χ0n) is 36.2. The second-order valence-corrected chi connectivity index (χ2v) is 18.0. The Bertz CT molecular complexity index is 3860. The number of rotatable bonds is 6. The minimum absolute atomic E-state index is 0.149. The Hall–Kier alpha value is -8.20. The van der Waals surface area contributed by atoms with Crippen LogP contribution in [0, 0.1) is 0 Å². The van der Waals surface area contributed by atoms with Crippen LogP contribution in [0.4, 0.5) is 17.1 Å². The van der Waals surface area contributed by atoms with E-state index in [1.165, 1.54) is 82.2 Å². The van der Waals surface area contributed by atoms with Crippen molar-refractivity contribution in [3.8, 4) is 44.5 Å². The van der Waals surface area contributed by atoms with Gasteiger partial charge in [-0.25, -0.2) is 0 Å². The number of benzene rings is 11. The highest BCUT2D eigenvalue weighted by Gasteiger charge is 2.36. The van der Waals surface area contributed by atoms with E-state index in [2.05, 4.69) is 243 Å². The lowest BCUT2D eigenvalue weighted by Gasteiger charge is -2.30. The van der Waals surface area contributed by atoms with Crippen molar-refractivity contribution in [2.24, 2.45) is 0 Å². The predicted molar refractivity (Wildman–Crippen MR) is 275 cm³/mol. The highest BCUT2D eigenvalue weighted by atomic mass is 16.3. The van der Waals surface area contributed by atoms with Gasteiger partial charge in [0, 0.05) is 38.5 Å². The van der Waals surface area contributed by atoms with Crippen molar-refractivity contribution in [2.75, 3.05) is 4.90 Å². The normalized spacial score (nSPS) is 12.9. The van der Waals surface area contributed by atoms with Gasteiger partial charge in [0.2, 0.25) is 0 Å². The van der Waals surface area contributed by atoms with Crippen molar-refractivity contribution in [2.45, 2.75) is 19.3 Å². The van der Waals surface area contributed by atoms with E-state index < -0.39 is 0 Å². The summed E-state index contributed by atoms with van der Waals surface area (Å²) in [5, 5.41) is 9.72. The second kappa shape index (κ2) is 14.4. The molecule has 0 unspecified atom stereocenters. The fraction of sp³-hybridized carbons (Fsp3) is 0.0476. The molecular formula is C63H43NO. The Morgan fingerprint density at radius 1 is 0.323 bits per heavy atom. The zero-order chi connectivity index (χ0) is 43.2. The molecule has 0 N–H and O–H groups in total. The van der Waals surface area contributed by atoms with Crippen LogP contribution in [0.3, 0.4) is 0 Å². The van der Waals surface area contributed by atoms with Gasteiger partial charge in [-0.3, -0.25) is 0 Å². The van der Waals surface area contributed by atoms with Gasteiger partial charge in [0.1, 0.15) is 11.2 Å². The predicted octanol–water partition coefficient (Wildman–Crippen LogP) is 17.8. The van der Waals surface area contributed by atoms with E-state index in [1.807, 2.05) is 0 Å². The summed E-state index contributed by atoms with van der Waals surface area (Å²) in [6.07, 6.45) is 0. The zero-order valence-corrected chi connectivity index (χ0v) is 36.2. The van der Waals surface area contributed by atoms with E-state index in [1.54, 1.807) is 0 Å². The lowest BCUT2D eigenvalue weighted by Crippen LogP contribution is -2.17. The van der Waals surface area contributed by atoms with Gasteiger partial charge >= 0.3 is 0 Å². The molecule has 2 heteroatoms. The maximum atomic E-state index is 6.45. The smallest absolute Gasteiger partial charge is 0.136 e. The van der Waals surface area contributed by atoms with Crippen molar-refractivity contribution in [3.05, 3.63) is 236 Å². The third-order valence-electron chi connectivity index (χ3n) is 14.1. The molecule has 0 bridgehead atoms. The standard InChI is InChI=1S/C63H43NO/c1-63(2)56-24-11-8-21-50(56)51-34-32-46(39-57(51)63)64(45-18-14-17-43(37-45)42-29-27-41(28-30-42)40-15-4-3-5-16-40)58-25-12-9-19-47(58)44-31-33-49-48-20-6-7-22-52(48)61-53(55(49)38-44)35-36-60-62(61)54-23-10-13-26-59(54)65-60/h3-39H,1-2H3. The summed E-state index contributed by atoms with van der Waals surface area (Å²) in [5.74, 6) is 0. The van der Waals surface area contributed by atoms with E-state index in [0.717, 1.165) is 44.7 Å². The summed E-state index contributed by atoms with van der Waals surface area (Å²) < 4.78 is 6.45. The van der Waals surface area contributed by atoms with E-state index >= 15 is 0 Å². The summed E-state index contributed by atoms with van der Waals surface area (Å²) in [6, 6.07) is 82.3. The minimum atomic E-state index is -0.149. The van der Waals surface area contributed by atoms with Gasteiger partial charge in [-0.1, -0.05) is 184 Å². The van der Waals surface area contributed by atoms with Crippen molar-refractivity contribution in [3.63, 3.8) is 0 Å².